The summed E-state index contributed by atoms with van der Waals surface area (Å²) in [6.07, 6.45) is 0. The van der Waals surface area contributed by atoms with E-state index in [1.165, 1.54) is 40.7 Å². The van der Waals surface area contributed by atoms with Gasteiger partial charge in [0.05, 0.1) is 4.90 Å². The highest BCUT2D eigenvalue weighted by Gasteiger charge is 2.28. The van der Waals surface area contributed by atoms with Gasteiger partial charge in [-0.3, -0.25) is 9.59 Å². The highest BCUT2D eigenvalue weighted by atomic mass is 32.2. The van der Waals surface area contributed by atoms with Gasteiger partial charge < -0.3 is 9.80 Å². The molecule has 3 rings (SSSR count). The van der Waals surface area contributed by atoms with Gasteiger partial charge in [-0.15, -0.1) is 0 Å². The Morgan fingerprint density at radius 1 is 0.906 bits per heavy atom. The Labute approximate surface area is 188 Å². The van der Waals surface area contributed by atoms with E-state index >= 15 is 0 Å². The van der Waals surface area contributed by atoms with Crippen LogP contribution in [0.25, 0.3) is 0 Å². The first kappa shape index (κ1) is 23.9. The summed E-state index contributed by atoms with van der Waals surface area (Å²) >= 11 is 0. The van der Waals surface area contributed by atoms with Gasteiger partial charge in [-0.05, 0) is 48.9 Å². The fourth-order valence-corrected chi connectivity index (χ4v) is 5.25. The number of piperazine rings is 1. The smallest absolute Gasteiger partial charge is 0.254 e. The van der Waals surface area contributed by atoms with Gasteiger partial charge in [-0.2, -0.15) is 4.31 Å². The molecule has 2 aromatic carbocycles. The molecule has 0 radical (unpaired) electrons. The number of halogens is 1. The molecule has 0 bridgehead atoms. The van der Waals surface area contributed by atoms with Crippen LogP contribution in [0.1, 0.15) is 40.1 Å². The first-order valence-electron chi connectivity index (χ1n) is 10.6. The van der Waals surface area contributed by atoms with Gasteiger partial charge in [0.2, 0.25) is 10.0 Å². The zero-order valence-electron chi connectivity index (χ0n) is 18.5. The summed E-state index contributed by atoms with van der Waals surface area (Å²) in [5.74, 6) is -0.869. The molecule has 2 amide bonds. The largest absolute Gasteiger partial charge is 0.335 e. The lowest BCUT2D eigenvalue weighted by molar-refractivity contribution is 0.0535. The minimum atomic E-state index is -3.68. The van der Waals surface area contributed by atoms with Crippen LogP contribution >= 0.6 is 0 Å². The second kappa shape index (κ2) is 9.79. The van der Waals surface area contributed by atoms with Crippen molar-refractivity contribution < 1.29 is 22.4 Å². The molecule has 0 atom stereocenters. The van der Waals surface area contributed by atoms with Crippen molar-refractivity contribution in [2.45, 2.75) is 25.7 Å². The molecule has 7 nitrogen and oxygen atoms in total. The third-order valence-corrected chi connectivity index (χ3v) is 7.77. The van der Waals surface area contributed by atoms with Crippen LogP contribution in [0.4, 0.5) is 4.39 Å². The highest BCUT2D eigenvalue weighted by Crippen LogP contribution is 2.21. The van der Waals surface area contributed by atoms with E-state index < -0.39 is 15.8 Å². The lowest BCUT2D eigenvalue weighted by atomic mass is 10.1. The number of hydrogen-bond donors (Lipinski definition) is 0. The van der Waals surface area contributed by atoms with Crippen molar-refractivity contribution in [3.05, 3.63) is 65.0 Å². The van der Waals surface area contributed by atoms with E-state index in [1.54, 1.807) is 36.6 Å². The average Bonchev–Trinajstić information content (AvgIpc) is 2.79. The second-order valence-electron chi connectivity index (χ2n) is 7.66. The molecule has 0 unspecified atom stereocenters. The normalized spacial score (nSPS) is 14.7. The van der Waals surface area contributed by atoms with Crippen LogP contribution in [0.5, 0.6) is 0 Å². The van der Waals surface area contributed by atoms with Crippen molar-refractivity contribution in [2.24, 2.45) is 0 Å². The zero-order chi connectivity index (χ0) is 23.5. The maximum absolute atomic E-state index is 13.2. The number of carbonyl (C=O) groups excluding carboxylic acids is 2. The number of benzene rings is 2. The number of amides is 2. The third kappa shape index (κ3) is 4.83. The van der Waals surface area contributed by atoms with E-state index in [-0.39, 0.29) is 16.7 Å². The molecular weight excluding hydrogens is 433 g/mol. The highest BCUT2D eigenvalue weighted by molar-refractivity contribution is 7.89. The van der Waals surface area contributed by atoms with Gasteiger partial charge >= 0.3 is 0 Å². The Morgan fingerprint density at radius 3 is 1.97 bits per heavy atom. The van der Waals surface area contributed by atoms with Crippen molar-refractivity contribution in [3.8, 4) is 0 Å². The summed E-state index contributed by atoms with van der Waals surface area (Å²) < 4.78 is 40.2. The standard InChI is InChI=1S/C23H28FN3O4S/c1-4-27(5-2)32(30,31)20-11-6-17(3)21(16-20)23(29)26-14-12-25(13-15-26)22(28)18-7-9-19(24)10-8-18/h6-11,16H,4-5,12-15H2,1-3H3. The van der Waals surface area contributed by atoms with Crippen LogP contribution in [-0.4, -0.2) is 73.6 Å². The molecule has 1 fully saturated rings. The predicted octanol–water partition coefficient (Wildman–Crippen LogP) is 2.76. The number of sulfonamides is 1. The number of carbonyl (C=O) groups is 2. The van der Waals surface area contributed by atoms with E-state index in [2.05, 4.69) is 0 Å². The van der Waals surface area contributed by atoms with E-state index in [4.69, 9.17) is 0 Å². The Hall–Kier alpha value is -2.78. The molecule has 172 valence electrons. The maximum atomic E-state index is 13.2. The molecule has 1 heterocycles. The van der Waals surface area contributed by atoms with Crippen LogP contribution in [0.3, 0.4) is 0 Å². The predicted molar refractivity (Wildman–Crippen MR) is 119 cm³/mol. The molecule has 0 saturated carbocycles. The number of nitrogens with zero attached hydrogens (tertiary/aromatic N) is 3. The minimum absolute atomic E-state index is 0.0975. The van der Waals surface area contributed by atoms with Gasteiger partial charge in [-0.1, -0.05) is 19.9 Å². The quantitative estimate of drug-likeness (QED) is 0.663. The van der Waals surface area contributed by atoms with Crippen LogP contribution in [0.2, 0.25) is 0 Å². The molecule has 9 heteroatoms. The fourth-order valence-electron chi connectivity index (χ4n) is 3.76. The fraction of sp³-hybridized carbons (Fsp3) is 0.391. The Bertz CT molecular complexity index is 1090. The molecule has 0 aromatic heterocycles. The first-order chi connectivity index (χ1) is 15.2. The minimum Gasteiger partial charge on any atom is -0.335 e. The van der Waals surface area contributed by atoms with E-state index in [0.717, 1.165) is 0 Å². The van der Waals surface area contributed by atoms with Crippen molar-refractivity contribution in [3.63, 3.8) is 0 Å². The van der Waals surface area contributed by atoms with Gasteiger partial charge in [-0.25, -0.2) is 12.8 Å². The SMILES string of the molecule is CCN(CC)S(=O)(=O)c1ccc(C)c(C(=O)N2CCN(C(=O)c3ccc(F)cc3)CC2)c1. The molecule has 1 aliphatic rings. The van der Waals surface area contributed by atoms with Gasteiger partial charge in [0.1, 0.15) is 5.82 Å². The van der Waals surface area contributed by atoms with Crippen LogP contribution in [0, 0.1) is 12.7 Å². The third-order valence-electron chi connectivity index (χ3n) is 5.73. The van der Waals surface area contributed by atoms with Crippen molar-refractivity contribution in [2.75, 3.05) is 39.3 Å². The summed E-state index contributed by atoms with van der Waals surface area (Å²) in [7, 11) is -3.68. The van der Waals surface area contributed by atoms with E-state index in [9.17, 15) is 22.4 Å². The second-order valence-corrected chi connectivity index (χ2v) is 9.60. The molecule has 0 aliphatic carbocycles. The van der Waals surface area contributed by atoms with Gasteiger partial charge in [0.25, 0.3) is 11.8 Å². The summed E-state index contributed by atoms with van der Waals surface area (Å²) in [6, 6.07) is 10.0. The number of aryl methyl sites for hydroxylation is 1. The van der Waals surface area contributed by atoms with Crippen molar-refractivity contribution in [1.82, 2.24) is 14.1 Å². The zero-order valence-corrected chi connectivity index (χ0v) is 19.4. The Kier molecular flexibility index (Phi) is 7.30. The van der Waals surface area contributed by atoms with Gasteiger partial charge in [0.15, 0.2) is 0 Å². The summed E-state index contributed by atoms with van der Waals surface area (Å²) in [6.45, 7) is 7.37. The molecule has 2 aromatic rings. The number of rotatable bonds is 6. The van der Waals surface area contributed by atoms with E-state index in [0.29, 0.717) is 56.0 Å². The summed E-state index contributed by atoms with van der Waals surface area (Å²) in [4.78, 5) is 29.1. The van der Waals surface area contributed by atoms with Crippen LogP contribution < -0.4 is 0 Å². The number of hydrogen-bond acceptors (Lipinski definition) is 4. The van der Waals surface area contributed by atoms with E-state index in [1.807, 2.05) is 0 Å². The molecule has 1 aliphatic heterocycles. The lowest BCUT2D eigenvalue weighted by Gasteiger charge is -2.35. The maximum Gasteiger partial charge on any atom is 0.254 e. The van der Waals surface area contributed by atoms with Crippen LogP contribution in [-0.2, 0) is 10.0 Å². The lowest BCUT2D eigenvalue weighted by Crippen LogP contribution is -2.50. The molecule has 32 heavy (non-hydrogen) atoms. The van der Waals surface area contributed by atoms with Crippen molar-refractivity contribution >= 4 is 21.8 Å². The Balaban J connectivity index is 1.74. The Morgan fingerprint density at radius 2 is 1.44 bits per heavy atom. The molecule has 1 saturated heterocycles. The van der Waals surface area contributed by atoms with Crippen LogP contribution in [0.15, 0.2) is 47.4 Å². The topological polar surface area (TPSA) is 78.0 Å². The summed E-state index contributed by atoms with van der Waals surface area (Å²) in [5, 5.41) is 0. The van der Waals surface area contributed by atoms with Gasteiger partial charge in [0, 0.05) is 50.4 Å². The molecule has 0 N–H and O–H groups in total. The molecular formula is C23H28FN3O4S. The monoisotopic (exact) mass is 461 g/mol. The first-order valence-corrected chi connectivity index (χ1v) is 12.1. The van der Waals surface area contributed by atoms with Crippen molar-refractivity contribution in [1.29, 1.82) is 0 Å². The summed E-state index contributed by atoms with van der Waals surface area (Å²) in [5.41, 5.74) is 1.44. The molecule has 0 spiro atoms. The average molecular weight is 462 g/mol.